The predicted molar refractivity (Wildman–Crippen MR) is 70.3 cm³/mol. The Labute approximate surface area is 110 Å². The van der Waals surface area contributed by atoms with Gasteiger partial charge < -0.3 is 20.5 Å². The summed E-state index contributed by atoms with van der Waals surface area (Å²) in [5, 5.41) is 14.6. The zero-order valence-electron chi connectivity index (χ0n) is 10.6. The fraction of sp³-hybridized carbons (Fsp3) is 0.385. The summed E-state index contributed by atoms with van der Waals surface area (Å²) in [5.74, 6) is -2.00. The van der Waals surface area contributed by atoms with E-state index in [1.807, 2.05) is 6.07 Å². The molecule has 1 aliphatic heterocycles. The molecule has 1 aromatic rings. The van der Waals surface area contributed by atoms with Crippen LogP contribution in [-0.2, 0) is 20.7 Å². The number of aryl methyl sites for hydroxylation is 1. The topological polar surface area (TPSA) is 87.7 Å². The second-order valence-corrected chi connectivity index (χ2v) is 4.35. The van der Waals surface area contributed by atoms with Crippen LogP contribution in [-0.4, -0.2) is 36.7 Å². The number of fused-ring (bicyclic) bond motifs is 1. The Morgan fingerprint density at radius 2 is 2.26 bits per heavy atom. The first-order valence-corrected chi connectivity index (χ1v) is 6.05. The third-order valence-corrected chi connectivity index (χ3v) is 3.01. The van der Waals surface area contributed by atoms with Gasteiger partial charge in [0.15, 0.2) is 0 Å². The second kappa shape index (κ2) is 5.71. The van der Waals surface area contributed by atoms with E-state index in [9.17, 15) is 9.59 Å². The zero-order valence-corrected chi connectivity index (χ0v) is 10.6. The van der Waals surface area contributed by atoms with Crippen molar-refractivity contribution < 1.29 is 19.4 Å². The largest absolute Gasteiger partial charge is 0.479 e. The molecule has 102 valence electrons. The Kier molecular flexibility index (Phi) is 4.01. The van der Waals surface area contributed by atoms with Crippen molar-refractivity contribution in [3.63, 3.8) is 0 Å². The molecule has 1 unspecified atom stereocenters. The van der Waals surface area contributed by atoms with E-state index < -0.39 is 18.0 Å². The Morgan fingerprint density at radius 3 is 2.95 bits per heavy atom. The molecule has 3 N–H and O–H groups in total. The summed E-state index contributed by atoms with van der Waals surface area (Å²) in [5.41, 5.74) is 2.74. The van der Waals surface area contributed by atoms with Gasteiger partial charge in [-0.15, -0.1) is 0 Å². The standard InChI is InChI=1S/C13H16N2O4/c1-19-11(13(17)18)12(16)15-9-5-4-8-3-2-6-14-10(8)7-9/h4-5,7,11,14H,2-3,6H2,1H3,(H,15,16)(H,17,18). The van der Waals surface area contributed by atoms with Crippen molar-refractivity contribution >= 4 is 23.3 Å². The number of anilines is 2. The molecule has 1 aliphatic rings. The molecule has 1 heterocycles. The molecule has 1 atom stereocenters. The number of hydrogen-bond acceptors (Lipinski definition) is 4. The average molecular weight is 264 g/mol. The number of amides is 1. The summed E-state index contributed by atoms with van der Waals surface area (Å²) in [6.07, 6.45) is 0.597. The molecule has 6 nitrogen and oxygen atoms in total. The lowest BCUT2D eigenvalue weighted by atomic mass is 10.0. The van der Waals surface area contributed by atoms with E-state index >= 15 is 0 Å². The molecular weight excluding hydrogens is 248 g/mol. The number of rotatable bonds is 4. The van der Waals surface area contributed by atoms with Crippen molar-refractivity contribution in [2.24, 2.45) is 0 Å². The molecule has 0 bridgehead atoms. The number of carbonyl (C=O) groups excluding carboxylic acids is 1. The highest BCUT2D eigenvalue weighted by Gasteiger charge is 2.25. The first-order chi connectivity index (χ1) is 9.11. The molecule has 0 saturated heterocycles. The van der Waals surface area contributed by atoms with E-state index in [0.29, 0.717) is 5.69 Å². The number of carboxylic acid groups (broad SMARTS) is 1. The lowest BCUT2D eigenvalue weighted by Crippen LogP contribution is -2.36. The van der Waals surface area contributed by atoms with E-state index in [4.69, 9.17) is 5.11 Å². The predicted octanol–water partition coefficient (Wildman–Crippen LogP) is 1.08. The number of carbonyl (C=O) groups is 2. The molecule has 0 aromatic heterocycles. The van der Waals surface area contributed by atoms with Crippen LogP contribution in [0.4, 0.5) is 11.4 Å². The summed E-state index contributed by atoms with van der Waals surface area (Å²) in [6.45, 7) is 0.903. The molecule has 0 spiro atoms. The summed E-state index contributed by atoms with van der Waals surface area (Å²) in [7, 11) is 1.19. The maximum Gasteiger partial charge on any atom is 0.342 e. The summed E-state index contributed by atoms with van der Waals surface area (Å²) >= 11 is 0. The number of carboxylic acids is 1. The van der Waals surface area contributed by atoms with E-state index in [1.54, 1.807) is 12.1 Å². The molecule has 0 fully saturated rings. The van der Waals surface area contributed by atoms with E-state index in [2.05, 4.69) is 15.4 Å². The molecule has 0 aliphatic carbocycles. The zero-order chi connectivity index (χ0) is 13.8. The van der Waals surface area contributed by atoms with Gasteiger partial charge >= 0.3 is 5.97 Å². The Bertz CT molecular complexity index is 501. The number of methoxy groups -OCH3 is 1. The maximum atomic E-state index is 11.7. The van der Waals surface area contributed by atoms with Crippen LogP contribution in [0.15, 0.2) is 18.2 Å². The van der Waals surface area contributed by atoms with E-state index in [-0.39, 0.29) is 0 Å². The van der Waals surface area contributed by atoms with Gasteiger partial charge in [0.2, 0.25) is 6.10 Å². The van der Waals surface area contributed by atoms with Crippen LogP contribution < -0.4 is 10.6 Å². The van der Waals surface area contributed by atoms with Crippen molar-refractivity contribution in [1.82, 2.24) is 0 Å². The lowest BCUT2D eigenvalue weighted by molar-refractivity contribution is -0.153. The lowest BCUT2D eigenvalue weighted by Gasteiger charge is -2.19. The number of aliphatic carboxylic acids is 1. The monoisotopic (exact) mass is 264 g/mol. The molecule has 0 radical (unpaired) electrons. The van der Waals surface area contributed by atoms with Crippen molar-refractivity contribution in [1.29, 1.82) is 0 Å². The van der Waals surface area contributed by atoms with Gasteiger partial charge in [-0.1, -0.05) is 6.07 Å². The van der Waals surface area contributed by atoms with Gasteiger partial charge in [-0.3, -0.25) is 4.79 Å². The minimum absolute atomic E-state index is 0.557. The molecule has 1 amide bonds. The van der Waals surface area contributed by atoms with Crippen LogP contribution in [0.25, 0.3) is 0 Å². The molecule has 1 aromatic carbocycles. The summed E-state index contributed by atoms with van der Waals surface area (Å²) in [4.78, 5) is 22.5. The first-order valence-electron chi connectivity index (χ1n) is 6.05. The Hall–Kier alpha value is -2.08. The van der Waals surface area contributed by atoms with Gasteiger partial charge in [0, 0.05) is 25.0 Å². The van der Waals surface area contributed by atoms with E-state index in [1.165, 1.54) is 12.7 Å². The van der Waals surface area contributed by atoms with Crippen LogP contribution >= 0.6 is 0 Å². The van der Waals surface area contributed by atoms with Gasteiger partial charge in [-0.25, -0.2) is 4.79 Å². The number of hydrogen-bond donors (Lipinski definition) is 3. The molecule has 6 heteroatoms. The third kappa shape index (κ3) is 3.03. The fourth-order valence-electron chi connectivity index (χ4n) is 2.07. The van der Waals surface area contributed by atoms with Gasteiger partial charge in [0.25, 0.3) is 5.91 Å². The Morgan fingerprint density at radius 1 is 1.47 bits per heavy atom. The van der Waals surface area contributed by atoms with Gasteiger partial charge in [0.1, 0.15) is 0 Å². The highest BCUT2D eigenvalue weighted by Crippen LogP contribution is 2.25. The minimum atomic E-state index is -1.50. The van der Waals surface area contributed by atoms with Crippen LogP contribution in [0, 0.1) is 0 Å². The van der Waals surface area contributed by atoms with Crippen molar-refractivity contribution in [2.75, 3.05) is 24.3 Å². The summed E-state index contributed by atoms with van der Waals surface area (Å²) < 4.78 is 4.63. The van der Waals surface area contributed by atoms with Gasteiger partial charge in [-0.2, -0.15) is 0 Å². The van der Waals surface area contributed by atoms with Crippen LogP contribution in [0.1, 0.15) is 12.0 Å². The number of ether oxygens (including phenoxy) is 1. The molecular formula is C13H16N2O4. The molecule has 19 heavy (non-hydrogen) atoms. The fourth-order valence-corrected chi connectivity index (χ4v) is 2.07. The van der Waals surface area contributed by atoms with Crippen LogP contribution in [0.2, 0.25) is 0 Å². The van der Waals surface area contributed by atoms with E-state index in [0.717, 1.165) is 25.1 Å². The highest BCUT2D eigenvalue weighted by atomic mass is 16.5. The highest BCUT2D eigenvalue weighted by molar-refractivity contribution is 6.07. The smallest absolute Gasteiger partial charge is 0.342 e. The van der Waals surface area contributed by atoms with Crippen molar-refractivity contribution in [3.8, 4) is 0 Å². The maximum absolute atomic E-state index is 11.7. The second-order valence-electron chi connectivity index (χ2n) is 4.35. The Balaban J connectivity index is 2.11. The van der Waals surface area contributed by atoms with Crippen LogP contribution in [0.3, 0.4) is 0 Å². The minimum Gasteiger partial charge on any atom is -0.479 e. The first kappa shape index (κ1) is 13.4. The third-order valence-electron chi connectivity index (χ3n) is 3.01. The van der Waals surface area contributed by atoms with Crippen LogP contribution in [0.5, 0.6) is 0 Å². The average Bonchev–Trinajstić information content (AvgIpc) is 2.39. The quantitative estimate of drug-likeness (QED) is 0.708. The normalized spacial score (nSPS) is 15.0. The number of benzene rings is 1. The van der Waals surface area contributed by atoms with Gasteiger partial charge in [-0.05, 0) is 30.5 Å². The van der Waals surface area contributed by atoms with Crippen molar-refractivity contribution in [3.05, 3.63) is 23.8 Å². The number of nitrogens with one attached hydrogen (secondary N) is 2. The molecule has 2 rings (SSSR count). The SMILES string of the molecule is COC(C(=O)O)C(=O)Nc1ccc2c(c1)NCCC2. The summed E-state index contributed by atoms with van der Waals surface area (Å²) in [6, 6.07) is 5.50. The van der Waals surface area contributed by atoms with Crippen molar-refractivity contribution in [2.45, 2.75) is 18.9 Å². The van der Waals surface area contributed by atoms with Gasteiger partial charge in [0.05, 0.1) is 0 Å². The molecule has 0 saturated carbocycles.